The summed E-state index contributed by atoms with van der Waals surface area (Å²) in [6.45, 7) is 1.54. The first-order valence-corrected chi connectivity index (χ1v) is 5.41. The number of hydrogen-bond donors (Lipinski definition) is 2. The Kier molecular flexibility index (Phi) is 4.65. The van der Waals surface area contributed by atoms with Crippen molar-refractivity contribution in [3.63, 3.8) is 0 Å². The number of halogens is 1. The van der Waals surface area contributed by atoms with Crippen molar-refractivity contribution in [1.82, 2.24) is 5.32 Å². The van der Waals surface area contributed by atoms with Gasteiger partial charge in [-0.05, 0) is 24.3 Å². The lowest BCUT2D eigenvalue weighted by Gasteiger charge is -2.18. The summed E-state index contributed by atoms with van der Waals surface area (Å²) < 4.78 is 12.7. The van der Waals surface area contributed by atoms with Crippen molar-refractivity contribution < 1.29 is 19.1 Å². The molecule has 6 heteroatoms. The maximum Gasteiger partial charge on any atom is 0.321 e. The van der Waals surface area contributed by atoms with Gasteiger partial charge in [0.2, 0.25) is 0 Å². The van der Waals surface area contributed by atoms with E-state index in [9.17, 15) is 14.0 Å². The topological polar surface area (TPSA) is 69.6 Å². The maximum absolute atomic E-state index is 12.7. The molecule has 0 bridgehead atoms. The number of benzene rings is 1. The van der Waals surface area contributed by atoms with Gasteiger partial charge in [0.15, 0.2) is 0 Å². The lowest BCUT2D eigenvalue weighted by Crippen LogP contribution is -2.40. The van der Waals surface area contributed by atoms with Crippen molar-refractivity contribution in [2.75, 3.05) is 18.5 Å². The predicted octanol–water partition coefficient (Wildman–Crippen LogP) is 1.69. The molecule has 1 aromatic carbocycles. The summed E-state index contributed by atoms with van der Waals surface area (Å²) in [5, 5.41) is 11.2. The molecular formula is C12H15FN2O3. The smallest absolute Gasteiger partial charge is 0.321 e. The zero-order valence-corrected chi connectivity index (χ0v) is 10.2. The quantitative estimate of drug-likeness (QED) is 0.859. The van der Waals surface area contributed by atoms with Crippen LogP contribution in [-0.4, -0.2) is 30.7 Å². The fourth-order valence-electron chi connectivity index (χ4n) is 1.23. The molecule has 2 amide bonds. The summed E-state index contributed by atoms with van der Waals surface area (Å²) in [7, 11) is 1.52. The van der Waals surface area contributed by atoms with E-state index in [4.69, 9.17) is 5.11 Å². The van der Waals surface area contributed by atoms with E-state index in [2.05, 4.69) is 5.32 Å². The molecule has 1 unspecified atom stereocenters. The van der Waals surface area contributed by atoms with E-state index in [-0.39, 0.29) is 12.4 Å². The number of rotatable bonds is 4. The molecule has 1 rings (SSSR count). The molecule has 0 aliphatic heterocycles. The molecular weight excluding hydrogens is 239 g/mol. The minimum absolute atomic E-state index is 0.0414. The Balaban J connectivity index is 2.56. The first-order valence-electron chi connectivity index (χ1n) is 5.41. The van der Waals surface area contributed by atoms with Crippen LogP contribution >= 0.6 is 0 Å². The third kappa shape index (κ3) is 3.73. The molecule has 2 N–H and O–H groups in total. The lowest BCUT2D eigenvalue weighted by molar-refractivity contribution is -0.140. The number of carboxylic acids is 1. The average Bonchev–Trinajstić information content (AvgIpc) is 2.35. The van der Waals surface area contributed by atoms with Crippen LogP contribution in [0.15, 0.2) is 24.3 Å². The zero-order chi connectivity index (χ0) is 13.7. The Hall–Kier alpha value is -2.11. The molecule has 0 heterocycles. The van der Waals surface area contributed by atoms with Crippen LogP contribution in [0.1, 0.15) is 6.92 Å². The van der Waals surface area contributed by atoms with E-state index >= 15 is 0 Å². The molecule has 0 aliphatic carbocycles. The van der Waals surface area contributed by atoms with Crippen LogP contribution in [0, 0.1) is 11.7 Å². The Labute approximate surface area is 104 Å². The van der Waals surface area contributed by atoms with Gasteiger partial charge in [-0.3, -0.25) is 9.69 Å². The van der Waals surface area contributed by atoms with Crippen LogP contribution in [0.25, 0.3) is 0 Å². The molecule has 18 heavy (non-hydrogen) atoms. The highest BCUT2D eigenvalue weighted by atomic mass is 19.1. The number of nitrogens with zero attached hydrogens (tertiary/aromatic N) is 1. The summed E-state index contributed by atoms with van der Waals surface area (Å²) >= 11 is 0. The van der Waals surface area contributed by atoms with Gasteiger partial charge in [-0.2, -0.15) is 0 Å². The van der Waals surface area contributed by atoms with Gasteiger partial charge in [-0.25, -0.2) is 9.18 Å². The Morgan fingerprint density at radius 2 is 1.94 bits per heavy atom. The van der Waals surface area contributed by atoms with Crippen molar-refractivity contribution in [3.05, 3.63) is 30.1 Å². The Morgan fingerprint density at radius 3 is 2.44 bits per heavy atom. The van der Waals surface area contributed by atoms with Gasteiger partial charge in [0, 0.05) is 19.3 Å². The van der Waals surface area contributed by atoms with Crippen LogP contribution in [0.4, 0.5) is 14.9 Å². The number of carboxylic acid groups (broad SMARTS) is 1. The monoisotopic (exact) mass is 254 g/mol. The van der Waals surface area contributed by atoms with Crippen molar-refractivity contribution in [3.8, 4) is 0 Å². The minimum Gasteiger partial charge on any atom is -0.481 e. The van der Waals surface area contributed by atoms with Gasteiger partial charge in [-0.15, -0.1) is 0 Å². The van der Waals surface area contributed by atoms with E-state index < -0.39 is 17.9 Å². The van der Waals surface area contributed by atoms with Gasteiger partial charge in [0.25, 0.3) is 0 Å². The summed E-state index contributed by atoms with van der Waals surface area (Å²) in [5.74, 6) is -2.01. The van der Waals surface area contributed by atoms with E-state index in [1.165, 1.54) is 43.1 Å². The normalized spacial score (nSPS) is 11.7. The minimum atomic E-state index is -0.972. The highest BCUT2D eigenvalue weighted by Gasteiger charge is 2.15. The SMILES string of the molecule is CC(CNC(=O)N(C)c1ccc(F)cc1)C(=O)O. The lowest BCUT2D eigenvalue weighted by atomic mass is 10.2. The fourth-order valence-corrected chi connectivity index (χ4v) is 1.23. The maximum atomic E-state index is 12.7. The number of aliphatic carboxylic acids is 1. The van der Waals surface area contributed by atoms with Crippen molar-refractivity contribution >= 4 is 17.7 Å². The summed E-state index contributed by atoms with van der Waals surface area (Å²) in [4.78, 5) is 23.6. The first-order chi connectivity index (χ1) is 8.41. The molecule has 98 valence electrons. The number of anilines is 1. The summed E-state index contributed by atoms with van der Waals surface area (Å²) in [5.41, 5.74) is 0.525. The van der Waals surface area contributed by atoms with Gasteiger partial charge in [0.05, 0.1) is 5.92 Å². The number of nitrogens with one attached hydrogen (secondary N) is 1. The van der Waals surface area contributed by atoms with E-state index in [1.54, 1.807) is 0 Å². The van der Waals surface area contributed by atoms with E-state index in [1.807, 2.05) is 0 Å². The van der Waals surface area contributed by atoms with Crippen LogP contribution in [0.5, 0.6) is 0 Å². The average molecular weight is 254 g/mol. The Bertz CT molecular complexity index is 433. The molecule has 0 aliphatic rings. The van der Waals surface area contributed by atoms with E-state index in [0.29, 0.717) is 5.69 Å². The summed E-state index contributed by atoms with van der Waals surface area (Å²) in [6, 6.07) is 5.00. The molecule has 1 aromatic rings. The molecule has 0 saturated heterocycles. The second kappa shape index (κ2) is 6.00. The van der Waals surface area contributed by atoms with Crippen LogP contribution in [-0.2, 0) is 4.79 Å². The highest BCUT2D eigenvalue weighted by molar-refractivity contribution is 5.91. The zero-order valence-electron chi connectivity index (χ0n) is 10.2. The highest BCUT2D eigenvalue weighted by Crippen LogP contribution is 2.12. The molecule has 0 saturated carbocycles. The molecule has 5 nitrogen and oxygen atoms in total. The third-order valence-electron chi connectivity index (χ3n) is 2.50. The second-order valence-electron chi connectivity index (χ2n) is 3.96. The molecule has 0 spiro atoms. The van der Waals surface area contributed by atoms with Crippen molar-refractivity contribution in [2.24, 2.45) is 5.92 Å². The number of urea groups is 1. The number of hydrogen-bond acceptors (Lipinski definition) is 2. The largest absolute Gasteiger partial charge is 0.481 e. The molecule has 0 radical (unpaired) electrons. The van der Waals surface area contributed by atoms with Gasteiger partial charge < -0.3 is 10.4 Å². The number of amides is 2. The number of carbonyl (C=O) groups excluding carboxylic acids is 1. The van der Waals surface area contributed by atoms with Crippen LogP contribution in [0.2, 0.25) is 0 Å². The Morgan fingerprint density at radius 1 is 1.39 bits per heavy atom. The first kappa shape index (κ1) is 14.0. The van der Waals surface area contributed by atoms with Crippen molar-refractivity contribution in [2.45, 2.75) is 6.92 Å². The standard InChI is InChI=1S/C12H15FN2O3/c1-8(11(16)17)7-14-12(18)15(2)10-5-3-9(13)4-6-10/h3-6,8H,7H2,1-2H3,(H,14,18)(H,16,17). The second-order valence-corrected chi connectivity index (χ2v) is 3.96. The molecule has 0 fully saturated rings. The number of carbonyl (C=O) groups is 2. The van der Waals surface area contributed by atoms with E-state index in [0.717, 1.165) is 0 Å². The molecule has 0 aromatic heterocycles. The predicted molar refractivity (Wildman–Crippen MR) is 65.0 cm³/mol. The third-order valence-corrected chi connectivity index (χ3v) is 2.50. The fraction of sp³-hybridized carbons (Fsp3) is 0.333. The summed E-state index contributed by atoms with van der Waals surface area (Å²) in [6.07, 6.45) is 0. The van der Waals surface area contributed by atoms with Crippen molar-refractivity contribution in [1.29, 1.82) is 0 Å². The van der Waals surface area contributed by atoms with Crippen LogP contribution < -0.4 is 10.2 Å². The van der Waals surface area contributed by atoms with Gasteiger partial charge in [0.1, 0.15) is 5.82 Å². The molecule has 1 atom stereocenters. The van der Waals surface area contributed by atoms with Gasteiger partial charge in [-0.1, -0.05) is 6.92 Å². The van der Waals surface area contributed by atoms with Crippen LogP contribution in [0.3, 0.4) is 0 Å². The van der Waals surface area contributed by atoms with Gasteiger partial charge >= 0.3 is 12.0 Å².